The highest BCUT2D eigenvalue weighted by molar-refractivity contribution is 5.99. The summed E-state index contributed by atoms with van der Waals surface area (Å²) in [6.45, 7) is 6.82. The molecule has 1 heterocycles. The Labute approximate surface area is 128 Å². The molecule has 7 heteroatoms. The standard InChI is InChI=1S/C15H20N2O5/c1-5-7-16-11(18)8-22-15(20)13-9(3)12(14(19)21-4)10(6-2)17-13/h5,17H,1,6-8H2,2-4H3,(H,16,18). The zero-order valence-electron chi connectivity index (χ0n) is 12.9. The number of aromatic amines is 1. The maximum absolute atomic E-state index is 12.0. The molecule has 1 amide bonds. The molecule has 0 aliphatic carbocycles. The molecular weight excluding hydrogens is 288 g/mol. The molecule has 0 aliphatic rings. The molecule has 0 fully saturated rings. The van der Waals surface area contributed by atoms with Crippen molar-refractivity contribution in [3.05, 3.63) is 35.2 Å². The van der Waals surface area contributed by atoms with Crippen molar-refractivity contribution in [1.29, 1.82) is 0 Å². The molecule has 0 bridgehead atoms. The summed E-state index contributed by atoms with van der Waals surface area (Å²) in [5.41, 5.74) is 1.51. The summed E-state index contributed by atoms with van der Waals surface area (Å²) in [5.74, 6) is -1.65. The van der Waals surface area contributed by atoms with Crippen molar-refractivity contribution < 1.29 is 23.9 Å². The van der Waals surface area contributed by atoms with E-state index in [1.807, 2.05) is 6.92 Å². The smallest absolute Gasteiger partial charge is 0.355 e. The molecule has 1 aromatic rings. The highest BCUT2D eigenvalue weighted by Gasteiger charge is 2.24. The molecule has 0 atom stereocenters. The average Bonchev–Trinajstić information content (AvgIpc) is 2.86. The van der Waals surface area contributed by atoms with Gasteiger partial charge in [-0.15, -0.1) is 6.58 Å². The van der Waals surface area contributed by atoms with Gasteiger partial charge < -0.3 is 19.8 Å². The molecule has 2 N–H and O–H groups in total. The monoisotopic (exact) mass is 308 g/mol. The summed E-state index contributed by atoms with van der Waals surface area (Å²) < 4.78 is 9.64. The first-order chi connectivity index (χ1) is 10.5. The number of carbonyl (C=O) groups is 3. The molecule has 120 valence electrons. The van der Waals surface area contributed by atoms with Crippen LogP contribution in [0.3, 0.4) is 0 Å². The first-order valence-corrected chi connectivity index (χ1v) is 6.80. The normalized spacial score (nSPS) is 9.95. The van der Waals surface area contributed by atoms with Gasteiger partial charge in [-0.25, -0.2) is 9.59 Å². The summed E-state index contributed by atoms with van der Waals surface area (Å²) in [4.78, 5) is 38.0. The van der Waals surface area contributed by atoms with Gasteiger partial charge in [0.2, 0.25) is 0 Å². The van der Waals surface area contributed by atoms with Gasteiger partial charge in [0, 0.05) is 12.2 Å². The Morgan fingerprint density at radius 2 is 2.00 bits per heavy atom. The number of methoxy groups -OCH3 is 1. The van der Waals surface area contributed by atoms with E-state index in [0.29, 0.717) is 29.8 Å². The molecule has 0 saturated carbocycles. The molecule has 7 nitrogen and oxygen atoms in total. The number of hydrogen-bond acceptors (Lipinski definition) is 5. The number of esters is 2. The molecule has 0 unspecified atom stereocenters. The Morgan fingerprint density at radius 3 is 2.55 bits per heavy atom. The maximum Gasteiger partial charge on any atom is 0.355 e. The molecule has 1 aromatic heterocycles. The summed E-state index contributed by atoms with van der Waals surface area (Å²) in [5, 5.41) is 2.49. The number of hydrogen-bond donors (Lipinski definition) is 2. The quantitative estimate of drug-likeness (QED) is 0.581. The maximum atomic E-state index is 12.0. The third kappa shape index (κ3) is 3.97. The topological polar surface area (TPSA) is 97.5 Å². The van der Waals surface area contributed by atoms with Crippen molar-refractivity contribution in [2.45, 2.75) is 20.3 Å². The third-order valence-corrected chi connectivity index (χ3v) is 3.05. The van der Waals surface area contributed by atoms with Crippen molar-refractivity contribution in [2.75, 3.05) is 20.3 Å². The van der Waals surface area contributed by atoms with Crippen molar-refractivity contribution >= 4 is 17.8 Å². The summed E-state index contributed by atoms with van der Waals surface area (Å²) >= 11 is 0. The summed E-state index contributed by atoms with van der Waals surface area (Å²) in [6, 6.07) is 0. The highest BCUT2D eigenvalue weighted by Crippen LogP contribution is 2.20. The third-order valence-electron chi connectivity index (χ3n) is 3.05. The van der Waals surface area contributed by atoms with E-state index in [4.69, 9.17) is 9.47 Å². The lowest BCUT2D eigenvalue weighted by Crippen LogP contribution is -2.28. The fourth-order valence-corrected chi connectivity index (χ4v) is 1.95. The van der Waals surface area contributed by atoms with Crippen LogP contribution in [0.2, 0.25) is 0 Å². The fourth-order valence-electron chi connectivity index (χ4n) is 1.95. The van der Waals surface area contributed by atoms with E-state index in [1.165, 1.54) is 13.2 Å². The van der Waals surface area contributed by atoms with Gasteiger partial charge in [-0.05, 0) is 18.9 Å². The van der Waals surface area contributed by atoms with Gasteiger partial charge in [0.1, 0.15) is 5.69 Å². The second-order valence-electron chi connectivity index (χ2n) is 4.49. The Hall–Kier alpha value is -2.57. The number of aryl methyl sites for hydroxylation is 1. The molecule has 22 heavy (non-hydrogen) atoms. The van der Waals surface area contributed by atoms with E-state index >= 15 is 0 Å². The lowest BCUT2D eigenvalue weighted by atomic mass is 10.1. The van der Waals surface area contributed by atoms with Crippen LogP contribution in [0, 0.1) is 6.92 Å². The molecule has 1 rings (SSSR count). The van der Waals surface area contributed by atoms with Crippen LogP contribution >= 0.6 is 0 Å². The molecule has 0 aromatic carbocycles. The molecule has 0 saturated heterocycles. The number of ether oxygens (including phenoxy) is 2. The number of nitrogens with one attached hydrogen (secondary N) is 2. The SMILES string of the molecule is C=CCNC(=O)COC(=O)c1[nH]c(CC)c(C(=O)OC)c1C. The predicted octanol–water partition coefficient (Wildman–Crippen LogP) is 1.13. The van der Waals surface area contributed by atoms with E-state index in [1.54, 1.807) is 6.92 Å². The largest absolute Gasteiger partial charge is 0.465 e. The molecule has 0 spiro atoms. The minimum atomic E-state index is -0.698. The lowest BCUT2D eigenvalue weighted by molar-refractivity contribution is -0.124. The predicted molar refractivity (Wildman–Crippen MR) is 79.7 cm³/mol. The second kappa shape index (κ2) is 8.02. The zero-order valence-corrected chi connectivity index (χ0v) is 12.9. The minimum absolute atomic E-state index is 0.147. The van der Waals surface area contributed by atoms with Gasteiger partial charge >= 0.3 is 11.9 Å². The first kappa shape index (κ1) is 17.5. The van der Waals surface area contributed by atoms with Gasteiger partial charge in [-0.1, -0.05) is 13.0 Å². The van der Waals surface area contributed by atoms with Crippen LogP contribution in [0.4, 0.5) is 0 Å². The fraction of sp³-hybridized carbons (Fsp3) is 0.400. The van der Waals surface area contributed by atoms with E-state index in [9.17, 15) is 14.4 Å². The first-order valence-electron chi connectivity index (χ1n) is 6.80. The van der Waals surface area contributed by atoms with Crippen LogP contribution in [-0.4, -0.2) is 43.1 Å². The van der Waals surface area contributed by atoms with Crippen molar-refractivity contribution in [3.8, 4) is 0 Å². The van der Waals surface area contributed by atoms with Crippen LogP contribution in [0.15, 0.2) is 12.7 Å². The van der Waals surface area contributed by atoms with Gasteiger partial charge in [0.05, 0.1) is 12.7 Å². The van der Waals surface area contributed by atoms with E-state index in [2.05, 4.69) is 16.9 Å². The summed E-state index contributed by atoms with van der Waals surface area (Å²) in [7, 11) is 1.27. The van der Waals surface area contributed by atoms with Gasteiger partial charge in [0.25, 0.3) is 5.91 Å². The summed E-state index contributed by atoms with van der Waals surface area (Å²) in [6.07, 6.45) is 2.05. The van der Waals surface area contributed by atoms with Gasteiger partial charge in [-0.2, -0.15) is 0 Å². The number of carbonyl (C=O) groups excluding carboxylic acids is 3. The Balaban J connectivity index is 2.86. The molecule has 0 aliphatic heterocycles. The van der Waals surface area contributed by atoms with Gasteiger partial charge in [0.15, 0.2) is 6.61 Å². The van der Waals surface area contributed by atoms with Crippen LogP contribution in [0.25, 0.3) is 0 Å². The van der Waals surface area contributed by atoms with Gasteiger partial charge in [-0.3, -0.25) is 4.79 Å². The Bertz CT molecular complexity index is 589. The number of aromatic nitrogens is 1. The van der Waals surface area contributed by atoms with Crippen LogP contribution in [0.1, 0.15) is 39.0 Å². The average molecular weight is 308 g/mol. The van der Waals surface area contributed by atoms with E-state index < -0.39 is 24.5 Å². The van der Waals surface area contributed by atoms with Crippen LogP contribution in [0.5, 0.6) is 0 Å². The number of amides is 1. The van der Waals surface area contributed by atoms with Crippen molar-refractivity contribution in [3.63, 3.8) is 0 Å². The van der Waals surface area contributed by atoms with Crippen molar-refractivity contribution in [1.82, 2.24) is 10.3 Å². The van der Waals surface area contributed by atoms with Crippen LogP contribution in [-0.2, 0) is 20.7 Å². The number of rotatable bonds is 7. The molecular formula is C15H20N2O5. The molecule has 0 radical (unpaired) electrons. The number of H-pyrrole nitrogens is 1. The van der Waals surface area contributed by atoms with Crippen molar-refractivity contribution in [2.24, 2.45) is 0 Å². The minimum Gasteiger partial charge on any atom is -0.465 e. The van der Waals surface area contributed by atoms with E-state index in [0.717, 1.165) is 0 Å². The highest BCUT2D eigenvalue weighted by atomic mass is 16.5. The second-order valence-corrected chi connectivity index (χ2v) is 4.49. The Kier molecular flexibility index (Phi) is 6.37. The zero-order chi connectivity index (χ0) is 16.7. The van der Waals surface area contributed by atoms with Crippen LogP contribution < -0.4 is 5.32 Å². The Morgan fingerprint density at radius 1 is 1.32 bits per heavy atom. The lowest BCUT2D eigenvalue weighted by Gasteiger charge is -2.05. The van der Waals surface area contributed by atoms with E-state index in [-0.39, 0.29) is 5.69 Å².